The Morgan fingerprint density at radius 2 is 1.93 bits per heavy atom. The zero-order valence-electron chi connectivity index (χ0n) is 9.75. The summed E-state index contributed by atoms with van der Waals surface area (Å²) in [6, 6.07) is 0.274. The van der Waals surface area contributed by atoms with Crippen molar-refractivity contribution in [2.45, 2.75) is 32.7 Å². The molecule has 0 aromatic rings. The van der Waals surface area contributed by atoms with Crippen LogP contribution in [0.15, 0.2) is 0 Å². The molecule has 0 heterocycles. The third kappa shape index (κ3) is 7.27. The van der Waals surface area contributed by atoms with Gasteiger partial charge in [-0.1, -0.05) is 26.1 Å². The number of hydrogen-bond donors (Lipinski definition) is 2. The van der Waals surface area contributed by atoms with Crippen molar-refractivity contribution < 1.29 is 4.79 Å². The Morgan fingerprint density at radius 3 is 2.33 bits per heavy atom. The number of rotatable bonds is 7. The first-order valence-electron chi connectivity index (χ1n) is 5.25. The lowest BCUT2D eigenvalue weighted by molar-refractivity contribution is -0.122. The van der Waals surface area contributed by atoms with Crippen LogP contribution in [0.3, 0.4) is 0 Å². The topological polar surface area (TPSA) is 58.4 Å². The molecule has 0 bridgehead atoms. The smallest absolute Gasteiger partial charge is 0.234 e. The van der Waals surface area contributed by atoms with Gasteiger partial charge < -0.3 is 11.1 Å². The van der Waals surface area contributed by atoms with Crippen molar-refractivity contribution in [3.8, 4) is 0 Å². The summed E-state index contributed by atoms with van der Waals surface area (Å²) in [5.74, 6) is 0.0300. The number of carbonyl (C=O) groups is 1. The van der Waals surface area contributed by atoms with Gasteiger partial charge in [-0.2, -0.15) is 0 Å². The molecule has 0 saturated heterocycles. The molecule has 0 spiro atoms. The molecule has 0 rings (SSSR count). The first-order chi connectivity index (χ1) is 6.99. The third-order valence-corrected chi connectivity index (χ3v) is 2.32. The number of thiocarbonyl (C=S) groups is 1. The van der Waals surface area contributed by atoms with Crippen molar-refractivity contribution in [2.75, 3.05) is 20.1 Å². The molecule has 88 valence electrons. The average Bonchev–Trinajstić information content (AvgIpc) is 2.12. The van der Waals surface area contributed by atoms with Crippen LogP contribution in [0.2, 0.25) is 0 Å². The van der Waals surface area contributed by atoms with E-state index >= 15 is 0 Å². The molecule has 1 amide bonds. The maximum absolute atomic E-state index is 11.5. The predicted molar refractivity (Wildman–Crippen MR) is 66.8 cm³/mol. The van der Waals surface area contributed by atoms with Crippen molar-refractivity contribution in [2.24, 2.45) is 5.73 Å². The molecule has 15 heavy (non-hydrogen) atoms. The van der Waals surface area contributed by atoms with E-state index in [0.717, 1.165) is 12.8 Å². The summed E-state index contributed by atoms with van der Waals surface area (Å²) in [4.78, 5) is 13.7. The zero-order valence-corrected chi connectivity index (χ0v) is 10.6. The van der Waals surface area contributed by atoms with Crippen LogP contribution in [0.4, 0.5) is 0 Å². The fourth-order valence-electron chi connectivity index (χ4n) is 1.33. The molecular weight excluding hydrogens is 210 g/mol. The van der Waals surface area contributed by atoms with Crippen molar-refractivity contribution in [1.29, 1.82) is 0 Å². The molecule has 0 aliphatic carbocycles. The van der Waals surface area contributed by atoms with E-state index in [2.05, 4.69) is 19.2 Å². The van der Waals surface area contributed by atoms with Crippen LogP contribution in [0.25, 0.3) is 0 Å². The van der Waals surface area contributed by atoms with Crippen LogP contribution in [0, 0.1) is 0 Å². The van der Waals surface area contributed by atoms with E-state index in [1.54, 1.807) is 4.90 Å². The van der Waals surface area contributed by atoms with E-state index < -0.39 is 0 Å². The lowest BCUT2D eigenvalue weighted by atomic mass is 10.2. The number of nitrogens with zero attached hydrogens (tertiary/aromatic N) is 1. The lowest BCUT2D eigenvalue weighted by Gasteiger charge is -2.19. The van der Waals surface area contributed by atoms with Gasteiger partial charge in [0, 0.05) is 12.6 Å². The number of likely N-dealkylation sites (N-methyl/N-ethyl adjacent to an activating group) is 1. The molecule has 0 aliphatic heterocycles. The van der Waals surface area contributed by atoms with Gasteiger partial charge in [0.25, 0.3) is 0 Å². The highest BCUT2D eigenvalue weighted by molar-refractivity contribution is 7.80. The van der Waals surface area contributed by atoms with Gasteiger partial charge in [-0.15, -0.1) is 0 Å². The van der Waals surface area contributed by atoms with Crippen molar-refractivity contribution in [3.05, 3.63) is 0 Å². The molecule has 0 unspecified atom stereocenters. The summed E-state index contributed by atoms with van der Waals surface area (Å²) in [7, 11) is 1.83. The van der Waals surface area contributed by atoms with Gasteiger partial charge in [0.05, 0.1) is 11.5 Å². The molecule has 5 heteroatoms. The second kappa shape index (κ2) is 7.59. The van der Waals surface area contributed by atoms with Crippen LogP contribution in [0.1, 0.15) is 26.7 Å². The SMILES string of the molecule is CCC(CC)NC(=O)CN(C)CC(N)=S. The fourth-order valence-corrected chi connectivity index (χ4v) is 1.55. The Balaban J connectivity index is 3.86. The molecule has 0 radical (unpaired) electrons. The van der Waals surface area contributed by atoms with Gasteiger partial charge in [0.1, 0.15) is 0 Å². The van der Waals surface area contributed by atoms with E-state index in [0.29, 0.717) is 18.1 Å². The Hall–Kier alpha value is -0.680. The quantitative estimate of drug-likeness (QED) is 0.627. The Morgan fingerprint density at radius 1 is 1.40 bits per heavy atom. The normalized spacial score (nSPS) is 10.7. The standard InChI is InChI=1S/C10H21N3OS/c1-4-8(5-2)12-10(14)7-13(3)6-9(11)15/h8H,4-7H2,1-3H3,(H2,11,15)(H,12,14). The summed E-state index contributed by atoms with van der Waals surface area (Å²) < 4.78 is 0. The van der Waals surface area contributed by atoms with E-state index in [1.165, 1.54) is 0 Å². The van der Waals surface area contributed by atoms with Crippen LogP contribution < -0.4 is 11.1 Å². The van der Waals surface area contributed by atoms with E-state index in [1.807, 2.05) is 7.05 Å². The number of nitrogens with two attached hydrogens (primary N) is 1. The summed E-state index contributed by atoms with van der Waals surface area (Å²) in [5.41, 5.74) is 5.38. The van der Waals surface area contributed by atoms with Crippen molar-refractivity contribution >= 4 is 23.1 Å². The number of carbonyl (C=O) groups excluding carboxylic acids is 1. The summed E-state index contributed by atoms with van der Waals surface area (Å²) in [6.45, 7) is 4.94. The van der Waals surface area contributed by atoms with Gasteiger partial charge in [0.15, 0.2) is 0 Å². The molecule has 0 aromatic carbocycles. The maximum atomic E-state index is 11.5. The monoisotopic (exact) mass is 231 g/mol. The lowest BCUT2D eigenvalue weighted by Crippen LogP contribution is -2.42. The Kier molecular flexibility index (Phi) is 7.25. The van der Waals surface area contributed by atoms with Crippen molar-refractivity contribution in [3.63, 3.8) is 0 Å². The third-order valence-electron chi connectivity index (χ3n) is 2.19. The highest BCUT2D eigenvalue weighted by atomic mass is 32.1. The highest BCUT2D eigenvalue weighted by Gasteiger charge is 2.10. The first-order valence-corrected chi connectivity index (χ1v) is 5.66. The largest absolute Gasteiger partial charge is 0.392 e. The molecule has 0 atom stereocenters. The number of amides is 1. The Labute approximate surface area is 97.2 Å². The van der Waals surface area contributed by atoms with Crippen LogP contribution >= 0.6 is 12.2 Å². The molecule has 0 aliphatic rings. The van der Waals surface area contributed by atoms with E-state index in [4.69, 9.17) is 18.0 Å². The van der Waals surface area contributed by atoms with Gasteiger partial charge in [-0.3, -0.25) is 9.69 Å². The Bertz CT molecular complexity index is 217. The summed E-state index contributed by atoms with van der Waals surface area (Å²) in [6.07, 6.45) is 1.92. The molecule has 0 saturated carbocycles. The fraction of sp³-hybridized carbons (Fsp3) is 0.800. The van der Waals surface area contributed by atoms with Gasteiger partial charge in [-0.05, 0) is 19.9 Å². The van der Waals surface area contributed by atoms with Gasteiger partial charge in [-0.25, -0.2) is 0 Å². The minimum atomic E-state index is 0.0300. The number of hydrogen-bond acceptors (Lipinski definition) is 3. The molecule has 0 fully saturated rings. The number of nitrogens with one attached hydrogen (secondary N) is 1. The second-order valence-corrected chi connectivity index (χ2v) is 4.24. The predicted octanol–water partition coefficient (Wildman–Crippen LogP) is 0.509. The molecule has 3 N–H and O–H groups in total. The average molecular weight is 231 g/mol. The summed E-state index contributed by atoms with van der Waals surface area (Å²) in [5, 5.41) is 2.96. The zero-order chi connectivity index (χ0) is 11.8. The van der Waals surface area contributed by atoms with Crippen LogP contribution in [-0.2, 0) is 4.79 Å². The van der Waals surface area contributed by atoms with Crippen molar-refractivity contribution in [1.82, 2.24) is 10.2 Å². The van der Waals surface area contributed by atoms with E-state index in [9.17, 15) is 4.79 Å². The highest BCUT2D eigenvalue weighted by Crippen LogP contribution is 1.95. The molecular formula is C10H21N3OS. The molecule has 4 nitrogen and oxygen atoms in total. The second-order valence-electron chi connectivity index (χ2n) is 3.72. The van der Waals surface area contributed by atoms with Gasteiger partial charge >= 0.3 is 0 Å². The first kappa shape index (κ1) is 14.3. The minimum Gasteiger partial charge on any atom is -0.392 e. The summed E-state index contributed by atoms with van der Waals surface area (Å²) >= 11 is 4.76. The minimum absolute atomic E-state index is 0.0300. The molecule has 0 aromatic heterocycles. The van der Waals surface area contributed by atoms with Gasteiger partial charge in [0.2, 0.25) is 5.91 Å². The van der Waals surface area contributed by atoms with Crippen LogP contribution in [0.5, 0.6) is 0 Å². The van der Waals surface area contributed by atoms with Crippen LogP contribution in [-0.4, -0.2) is 42.0 Å². The van der Waals surface area contributed by atoms with E-state index in [-0.39, 0.29) is 11.9 Å². The maximum Gasteiger partial charge on any atom is 0.234 e.